The summed E-state index contributed by atoms with van der Waals surface area (Å²) in [4.78, 5) is 0. The standard InChI is InChI=1S/C13H12F4O/c1-2-3-4-5-12(18)9-6-7-11(14)10(8-9)13(15,16)17/h1,6-8,12,18H,3-5H2. The van der Waals surface area contributed by atoms with Crippen LogP contribution in [0.4, 0.5) is 17.6 Å². The van der Waals surface area contributed by atoms with E-state index in [4.69, 9.17) is 6.42 Å². The maximum atomic E-state index is 13.0. The lowest BCUT2D eigenvalue weighted by atomic mass is 10.0. The van der Waals surface area contributed by atoms with Crippen LogP contribution < -0.4 is 0 Å². The molecule has 0 heterocycles. The predicted octanol–water partition coefficient (Wildman–Crippen LogP) is 3.68. The molecule has 1 unspecified atom stereocenters. The van der Waals surface area contributed by atoms with Gasteiger partial charge in [0.2, 0.25) is 0 Å². The molecule has 98 valence electrons. The Hall–Kier alpha value is -1.54. The van der Waals surface area contributed by atoms with Gasteiger partial charge in [-0.1, -0.05) is 6.07 Å². The quantitative estimate of drug-likeness (QED) is 0.497. The lowest BCUT2D eigenvalue weighted by Crippen LogP contribution is -2.10. The zero-order chi connectivity index (χ0) is 13.8. The first-order valence-corrected chi connectivity index (χ1v) is 5.34. The molecule has 0 aliphatic carbocycles. The Bertz CT molecular complexity index is 445. The monoisotopic (exact) mass is 260 g/mol. The van der Waals surface area contributed by atoms with Crippen molar-refractivity contribution in [3.8, 4) is 12.3 Å². The van der Waals surface area contributed by atoms with Crippen molar-refractivity contribution < 1.29 is 22.7 Å². The van der Waals surface area contributed by atoms with Gasteiger partial charge in [0.05, 0.1) is 11.7 Å². The molecule has 0 saturated carbocycles. The van der Waals surface area contributed by atoms with Crippen LogP contribution in [0.25, 0.3) is 0 Å². The topological polar surface area (TPSA) is 20.2 Å². The molecule has 1 nitrogen and oxygen atoms in total. The highest BCUT2D eigenvalue weighted by atomic mass is 19.4. The number of alkyl halides is 3. The summed E-state index contributed by atoms with van der Waals surface area (Å²) in [6.45, 7) is 0. The Morgan fingerprint density at radius 2 is 2.00 bits per heavy atom. The molecular weight excluding hydrogens is 248 g/mol. The van der Waals surface area contributed by atoms with Crippen molar-refractivity contribution in [1.82, 2.24) is 0 Å². The Morgan fingerprint density at radius 1 is 1.33 bits per heavy atom. The van der Waals surface area contributed by atoms with Crippen molar-refractivity contribution >= 4 is 0 Å². The summed E-state index contributed by atoms with van der Waals surface area (Å²) in [5, 5.41) is 9.67. The van der Waals surface area contributed by atoms with Crippen LogP contribution in [0.5, 0.6) is 0 Å². The number of rotatable bonds is 4. The second kappa shape index (κ2) is 5.87. The summed E-state index contributed by atoms with van der Waals surface area (Å²) in [7, 11) is 0. The Balaban J connectivity index is 2.88. The summed E-state index contributed by atoms with van der Waals surface area (Å²) < 4.78 is 50.4. The minimum atomic E-state index is -4.77. The van der Waals surface area contributed by atoms with Gasteiger partial charge in [-0.2, -0.15) is 13.2 Å². The van der Waals surface area contributed by atoms with E-state index in [1.807, 2.05) is 0 Å². The smallest absolute Gasteiger partial charge is 0.388 e. The van der Waals surface area contributed by atoms with Crippen molar-refractivity contribution in [2.45, 2.75) is 31.5 Å². The Morgan fingerprint density at radius 3 is 2.56 bits per heavy atom. The number of hydrogen-bond acceptors (Lipinski definition) is 1. The molecule has 1 aromatic carbocycles. The third-order valence-corrected chi connectivity index (χ3v) is 2.48. The maximum absolute atomic E-state index is 13.0. The SMILES string of the molecule is C#CCCCC(O)c1ccc(F)c(C(F)(F)F)c1. The number of benzene rings is 1. The van der Waals surface area contributed by atoms with Gasteiger partial charge in [-0.3, -0.25) is 0 Å². The van der Waals surface area contributed by atoms with Crippen LogP contribution in [0, 0.1) is 18.2 Å². The molecule has 0 saturated heterocycles. The fraction of sp³-hybridized carbons (Fsp3) is 0.385. The minimum absolute atomic E-state index is 0.0424. The summed E-state index contributed by atoms with van der Waals surface area (Å²) in [5.41, 5.74) is -1.32. The van der Waals surface area contributed by atoms with Gasteiger partial charge in [0.25, 0.3) is 0 Å². The lowest BCUT2D eigenvalue weighted by Gasteiger charge is -2.14. The fourth-order valence-electron chi connectivity index (χ4n) is 1.53. The first-order valence-electron chi connectivity index (χ1n) is 5.34. The van der Waals surface area contributed by atoms with Gasteiger partial charge >= 0.3 is 6.18 Å². The van der Waals surface area contributed by atoms with Gasteiger partial charge in [-0.25, -0.2) is 4.39 Å². The summed E-state index contributed by atoms with van der Waals surface area (Å²) in [6.07, 6.45) is 0.364. The number of halogens is 4. The van der Waals surface area contributed by atoms with Gasteiger partial charge in [-0.05, 0) is 30.5 Å². The molecule has 0 spiro atoms. The van der Waals surface area contributed by atoms with Crippen LogP contribution >= 0.6 is 0 Å². The Kier molecular flexibility index (Phi) is 4.74. The summed E-state index contributed by atoms with van der Waals surface area (Å²) in [5.74, 6) is 1.02. The molecule has 0 amide bonds. The van der Waals surface area contributed by atoms with Crippen molar-refractivity contribution in [1.29, 1.82) is 0 Å². The van der Waals surface area contributed by atoms with Gasteiger partial charge < -0.3 is 5.11 Å². The molecule has 1 rings (SSSR count). The first-order chi connectivity index (χ1) is 8.36. The van der Waals surface area contributed by atoms with Crippen molar-refractivity contribution in [3.05, 3.63) is 35.1 Å². The molecular formula is C13H12F4O. The molecule has 0 bridgehead atoms. The molecule has 0 aromatic heterocycles. The van der Waals surface area contributed by atoms with E-state index in [0.29, 0.717) is 25.0 Å². The van der Waals surface area contributed by atoms with E-state index in [1.165, 1.54) is 0 Å². The van der Waals surface area contributed by atoms with E-state index >= 15 is 0 Å². The average Bonchev–Trinajstić information content (AvgIpc) is 2.28. The molecule has 1 N–H and O–H groups in total. The fourth-order valence-corrected chi connectivity index (χ4v) is 1.53. The van der Waals surface area contributed by atoms with E-state index in [9.17, 15) is 22.7 Å². The minimum Gasteiger partial charge on any atom is -0.388 e. The molecule has 1 atom stereocenters. The molecule has 0 aliphatic rings. The second-order valence-electron chi connectivity index (χ2n) is 3.85. The largest absolute Gasteiger partial charge is 0.419 e. The van der Waals surface area contributed by atoms with E-state index in [0.717, 1.165) is 6.07 Å². The number of terminal acetylenes is 1. The van der Waals surface area contributed by atoms with E-state index < -0.39 is 23.7 Å². The highest BCUT2D eigenvalue weighted by molar-refractivity contribution is 5.28. The molecule has 18 heavy (non-hydrogen) atoms. The second-order valence-corrected chi connectivity index (χ2v) is 3.85. The van der Waals surface area contributed by atoms with E-state index in [1.54, 1.807) is 0 Å². The third-order valence-electron chi connectivity index (χ3n) is 2.48. The molecule has 1 aromatic rings. The van der Waals surface area contributed by atoms with Gasteiger partial charge in [-0.15, -0.1) is 12.3 Å². The molecule has 0 fully saturated rings. The zero-order valence-electron chi connectivity index (χ0n) is 9.47. The maximum Gasteiger partial charge on any atom is 0.419 e. The number of aliphatic hydroxyl groups is 1. The van der Waals surface area contributed by atoms with Crippen LogP contribution in [-0.2, 0) is 6.18 Å². The van der Waals surface area contributed by atoms with Crippen LogP contribution in [0.15, 0.2) is 18.2 Å². The van der Waals surface area contributed by atoms with Crippen molar-refractivity contribution in [2.75, 3.05) is 0 Å². The summed E-state index contributed by atoms with van der Waals surface area (Å²) in [6, 6.07) is 2.49. The molecule has 0 aliphatic heterocycles. The number of unbranched alkanes of at least 4 members (excludes halogenated alkanes) is 1. The van der Waals surface area contributed by atoms with E-state index in [2.05, 4.69) is 5.92 Å². The number of hydrogen-bond donors (Lipinski definition) is 1. The molecule has 0 radical (unpaired) electrons. The van der Waals surface area contributed by atoms with Crippen LogP contribution in [0.2, 0.25) is 0 Å². The normalized spacial score (nSPS) is 13.1. The van der Waals surface area contributed by atoms with E-state index in [-0.39, 0.29) is 12.0 Å². The highest BCUT2D eigenvalue weighted by Gasteiger charge is 2.34. The summed E-state index contributed by atoms with van der Waals surface area (Å²) >= 11 is 0. The van der Waals surface area contributed by atoms with Crippen LogP contribution in [-0.4, -0.2) is 5.11 Å². The van der Waals surface area contributed by atoms with Gasteiger partial charge in [0.15, 0.2) is 0 Å². The average molecular weight is 260 g/mol. The highest BCUT2D eigenvalue weighted by Crippen LogP contribution is 2.33. The predicted molar refractivity (Wildman–Crippen MR) is 59.0 cm³/mol. The third kappa shape index (κ3) is 3.74. The number of aliphatic hydroxyl groups excluding tert-OH is 1. The van der Waals surface area contributed by atoms with Crippen molar-refractivity contribution in [3.63, 3.8) is 0 Å². The van der Waals surface area contributed by atoms with Gasteiger partial charge in [0.1, 0.15) is 5.82 Å². The first kappa shape index (κ1) is 14.5. The molecule has 5 heteroatoms. The van der Waals surface area contributed by atoms with Crippen LogP contribution in [0.3, 0.4) is 0 Å². The zero-order valence-corrected chi connectivity index (χ0v) is 9.47. The lowest BCUT2D eigenvalue weighted by molar-refractivity contribution is -0.140. The van der Waals surface area contributed by atoms with Crippen molar-refractivity contribution in [2.24, 2.45) is 0 Å². The van der Waals surface area contributed by atoms with Gasteiger partial charge in [0, 0.05) is 6.42 Å². The Labute approximate surface area is 102 Å². The van der Waals surface area contributed by atoms with Crippen LogP contribution in [0.1, 0.15) is 36.5 Å².